The normalized spacial score (nSPS) is 15.7. The average molecular weight is 387 g/mol. The van der Waals surface area contributed by atoms with E-state index in [0.717, 1.165) is 28.4 Å². The number of aromatic nitrogens is 2. The maximum Gasteiger partial charge on any atom is 0.235 e. The smallest absolute Gasteiger partial charge is 0.235 e. The molecule has 0 radical (unpaired) electrons. The highest BCUT2D eigenvalue weighted by Crippen LogP contribution is 2.27. The zero-order valence-electron chi connectivity index (χ0n) is 16.2. The minimum absolute atomic E-state index is 0.0899. The zero-order chi connectivity index (χ0) is 20.2. The van der Waals surface area contributed by atoms with Gasteiger partial charge >= 0.3 is 0 Å². The minimum Gasteiger partial charge on any atom is -0.497 e. The first kappa shape index (κ1) is 18.6. The van der Waals surface area contributed by atoms with Crippen LogP contribution in [0.1, 0.15) is 6.92 Å². The zero-order valence-corrected chi connectivity index (χ0v) is 16.2. The van der Waals surface area contributed by atoms with E-state index in [4.69, 9.17) is 4.74 Å². The maximum atomic E-state index is 12.9. The molecular weight excluding hydrogens is 366 g/mol. The van der Waals surface area contributed by atoms with Crippen molar-refractivity contribution in [2.24, 2.45) is 11.0 Å². The van der Waals surface area contributed by atoms with Crippen molar-refractivity contribution in [2.45, 2.75) is 6.92 Å². The largest absolute Gasteiger partial charge is 0.497 e. The lowest BCUT2D eigenvalue weighted by atomic mass is 10.0. The van der Waals surface area contributed by atoms with Crippen LogP contribution in [0.4, 0.5) is 11.4 Å². The summed E-state index contributed by atoms with van der Waals surface area (Å²) in [7, 11) is 1.63. The maximum absolute atomic E-state index is 12.9. The minimum atomic E-state index is -0.332. The third-order valence-electron chi connectivity index (χ3n) is 4.80. The van der Waals surface area contributed by atoms with Gasteiger partial charge in [0, 0.05) is 35.4 Å². The molecule has 1 aliphatic rings. The van der Waals surface area contributed by atoms with Gasteiger partial charge in [0.05, 0.1) is 37.2 Å². The van der Waals surface area contributed by atoms with Crippen LogP contribution >= 0.6 is 0 Å². The van der Waals surface area contributed by atoms with Crippen LogP contribution < -0.4 is 15.1 Å². The van der Waals surface area contributed by atoms with Crippen LogP contribution in [-0.4, -0.2) is 35.2 Å². The Balaban J connectivity index is 1.47. The number of hydrogen-bond donors (Lipinski definition) is 1. The van der Waals surface area contributed by atoms with Crippen molar-refractivity contribution in [3.05, 3.63) is 67.1 Å². The van der Waals surface area contributed by atoms with Crippen LogP contribution in [0.2, 0.25) is 0 Å². The number of nitrogens with zero attached hydrogens (tertiary/aromatic N) is 4. The number of amides is 1. The van der Waals surface area contributed by atoms with Crippen molar-refractivity contribution < 1.29 is 9.53 Å². The van der Waals surface area contributed by atoms with E-state index in [-0.39, 0.29) is 11.8 Å². The molecule has 0 aliphatic carbocycles. The molecule has 1 amide bonds. The molecule has 4 rings (SSSR count). The molecule has 0 saturated carbocycles. The molecule has 2 heterocycles. The standard InChI is InChI=1S/C22H21N5O2/c1-15-20(14-27(26-15)18-7-4-8-19(12-18)29-2)22(28)25-17-6-3-5-16(11-17)21-13-23-9-10-24-21/h3-13,20H,14H2,1-2H3,(H,25,28). The molecule has 29 heavy (non-hydrogen) atoms. The lowest BCUT2D eigenvalue weighted by Gasteiger charge is -2.17. The van der Waals surface area contributed by atoms with Crippen LogP contribution in [-0.2, 0) is 4.79 Å². The topological polar surface area (TPSA) is 79.7 Å². The lowest BCUT2D eigenvalue weighted by Crippen LogP contribution is -2.31. The number of benzene rings is 2. The number of ether oxygens (including phenoxy) is 1. The molecule has 3 aromatic rings. The van der Waals surface area contributed by atoms with Gasteiger partial charge in [-0.2, -0.15) is 5.10 Å². The van der Waals surface area contributed by atoms with Crippen molar-refractivity contribution in [1.29, 1.82) is 0 Å². The van der Waals surface area contributed by atoms with Crippen LogP contribution in [0.25, 0.3) is 11.3 Å². The molecular formula is C22H21N5O2. The van der Waals surface area contributed by atoms with Gasteiger partial charge in [0.25, 0.3) is 0 Å². The van der Waals surface area contributed by atoms with Gasteiger partial charge in [0.15, 0.2) is 0 Å². The number of methoxy groups -OCH3 is 1. The van der Waals surface area contributed by atoms with Crippen LogP contribution in [0.3, 0.4) is 0 Å². The van der Waals surface area contributed by atoms with Crippen molar-refractivity contribution in [2.75, 3.05) is 24.0 Å². The van der Waals surface area contributed by atoms with Crippen molar-refractivity contribution in [1.82, 2.24) is 9.97 Å². The lowest BCUT2D eigenvalue weighted by molar-refractivity contribution is -0.117. The first-order valence-corrected chi connectivity index (χ1v) is 9.28. The fraction of sp³-hybridized carbons (Fsp3) is 0.182. The molecule has 2 aromatic carbocycles. The fourth-order valence-electron chi connectivity index (χ4n) is 3.25. The van der Waals surface area contributed by atoms with Gasteiger partial charge in [-0.25, -0.2) is 0 Å². The number of nitrogens with one attached hydrogen (secondary N) is 1. The molecule has 1 N–H and O–H groups in total. The van der Waals surface area contributed by atoms with E-state index >= 15 is 0 Å². The molecule has 1 atom stereocenters. The Kier molecular flexibility index (Phi) is 5.20. The highest BCUT2D eigenvalue weighted by molar-refractivity contribution is 6.10. The summed E-state index contributed by atoms with van der Waals surface area (Å²) in [5.74, 6) is 0.332. The quantitative estimate of drug-likeness (QED) is 0.724. The third-order valence-corrected chi connectivity index (χ3v) is 4.80. The highest BCUT2D eigenvalue weighted by Gasteiger charge is 2.30. The predicted octanol–water partition coefficient (Wildman–Crippen LogP) is 3.60. The summed E-state index contributed by atoms with van der Waals surface area (Å²) < 4.78 is 5.28. The summed E-state index contributed by atoms with van der Waals surface area (Å²) in [6, 6.07) is 15.2. The number of anilines is 2. The third kappa shape index (κ3) is 4.08. The number of carbonyl (C=O) groups is 1. The molecule has 1 aromatic heterocycles. The second-order valence-electron chi connectivity index (χ2n) is 6.74. The summed E-state index contributed by atoms with van der Waals surface area (Å²) in [6.45, 7) is 2.36. The number of hydrazone groups is 1. The molecule has 146 valence electrons. The highest BCUT2D eigenvalue weighted by atomic mass is 16.5. The summed E-state index contributed by atoms with van der Waals surface area (Å²) in [5, 5.41) is 9.39. The number of rotatable bonds is 5. The summed E-state index contributed by atoms with van der Waals surface area (Å²) in [5.41, 5.74) is 4.03. The second-order valence-corrected chi connectivity index (χ2v) is 6.74. The van der Waals surface area contributed by atoms with E-state index in [2.05, 4.69) is 20.4 Å². The summed E-state index contributed by atoms with van der Waals surface area (Å²) in [6.07, 6.45) is 4.97. The second kappa shape index (κ2) is 8.10. The molecule has 0 spiro atoms. The molecule has 1 aliphatic heterocycles. The molecule has 7 heteroatoms. The average Bonchev–Trinajstić information content (AvgIpc) is 3.16. The van der Waals surface area contributed by atoms with Crippen molar-refractivity contribution in [3.8, 4) is 17.0 Å². The summed E-state index contributed by atoms with van der Waals surface area (Å²) in [4.78, 5) is 21.3. The Morgan fingerprint density at radius 1 is 1.17 bits per heavy atom. The predicted molar refractivity (Wildman–Crippen MR) is 113 cm³/mol. The van der Waals surface area contributed by atoms with Crippen LogP contribution in [0, 0.1) is 5.92 Å². The van der Waals surface area contributed by atoms with Gasteiger partial charge < -0.3 is 10.1 Å². The number of hydrogen-bond acceptors (Lipinski definition) is 6. The van der Waals surface area contributed by atoms with Crippen LogP contribution in [0.15, 0.2) is 72.2 Å². The van der Waals surface area contributed by atoms with E-state index < -0.39 is 0 Å². The van der Waals surface area contributed by atoms with Gasteiger partial charge in [0.2, 0.25) is 5.91 Å². The van der Waals surface area contributed by atoms with E-state index in [1.165, 1.54) is 0 Å². The molecule has 1 unspecified atom stereocenters. The van der Waals surface area contributed by atoms with E-state index in [9.17, 15) is 4.79 Å². The van der Waals surface area contributed by atoms with Crippen LogP contribution in [0.5, 0.6) is 5.75 Å². The van der Waals surface area contributed by atoms with E-state index in [0.29, 0.717) is 12.2 Å². The first-order chi connectivity index (χ1) is 14.1. The Bertz CT molecular complexity index is 1050. The monoisotopic (exact) mass is 387 g/mol. The Morgan fingerprint density at radius 2 is 2.03 bits per heavy atom. The van der Waals surface area contributed by atoms with Gasteiger partial charge in [-0.1, -0.05) is 18.2 Å². The molecule has 0 saturated heterocycles. The SMILES string of the molecule is COc1cccc(N2CC(C(=O)Nc3cccc(-c4cnccn4)c3)C(C)=N2)c1. The van der Waals surface area contributed by atoms with E-state index in [1.807, 2.05) is 60.5 Å². The Hall–Kier alpha value is -3.74. The molecule has 7 nitrogen and oxygen atoms in total. The number of carbonyl (C=O) groups excluding carboxylic acids is 1. The van der Waals surface area contributed by atoms with Gasteiger partial charge in [-0.15, -0.1) is 0 Å². The molecule has 0 fully saturated rings. The Morgan fingerprint density at radius 3 is 2.83 bits per heavy atom. The Labute approximate surface area is 169 Å². The van der Waals surface area contributed by atoms with Crippen molar-refractivity contribution in [3.63, 3.8) is 0 Å². The van der Waals surface area contributed by atoms with E-state index in [1.54, 1.807) is 25.7 Å². The fourth-order valence-corrected chi connectivity index (χ4v) is 3.25. The molecule has 0 bridgehead atoms. The first-order valence-electron chi connectivity index (χ1n) is 9.28. The van der Waals surface area contributed by atoms with Crippen molar-refractivity contribution >= 4 is 23.0 Å². The van der Waals surface area contributed by atoms with Gasteiger partial charge in [-0.05, 0) is 31.2 Å². The van der Waals surface area contributed by atoms with Gasteiger partial charge in [0.1, 0.15) is 5.75 Å². The summed E-state index contributed by atoms with van der Waals surface area (Å²) >= 11 is 0. The van der Waals surface area contributed by atoms with Gasteiger partial charge in [-0.3, -0.25) is 19.8 Å².